The van der Waals surface area contributed by atoms with Gasteiger partial charge in [0.1, 0.15) is 0 Å². The van der Waals surface area contributed by atoms with Gasteiger partial charge in [-0.1, -0.05) is 24.3 Å². The Kier molecular flexibility index (Phi) is 10.3. The van der Waals surface area contributed by atoms with E-state index in [0.717, 1.165) is 44.5 Å². The first-order chi connectivity index (χ1) is 19.3. The zero-order valence-corrected chi connectivity index (χ0v) is 24.3. The molecule has 0 unspecified atom stereocenters. The molecule has 0 radical (unpaired) electrons. The van der Waals surface area contributed by atoms with Gasteiger partial charge in [-0.15, -0.1) is 0 Å². The highest BCUT2D eigenvalue weighted by Crippen LogP contribution is 2.26. The lowest BCUT2D eigenvalue weighted by atomic mass is 9.99. The zero-order chi connectivity index (χ0) is 28.5. The first kappa shape index (κ1) is 29.3. The molecular weight excluding hydrogens is 498 g/mol. The minimum Gasteiger partial charge on any atom is -0.364 e. The molecule has 4 rings (SSSR count). The average molecular weight is 542 g/mol. The highest BCUT2D eigenvalue weighted by Gasteiger charge is 2.27. The predicted octanol–water partition coefficient (Wildman–Crippen LogP) is 5.21. The normalized spacial score (nSPS) is 15.0. The average Bonchev–Trinajstić information content (AvgIpc) is 2.96. The van der Waals surface area contributed by atoms with Crippen LogP contribution in [0.15, 0.2) is 73.1 Å². The number of carbonyl (C=O) groups excluding carboxylic acids is 2. The molecule has 0 bridgehead atoms. The van der Waals surface area contributed by atoms with Crippen LogP contribution in [0.25, 0.3) is 0 Å². The van der Waals surface area contributed by atoms with E-state index in [1.165, 1.54) is 11.3 Å². The van der Waals surface area contributed by atoms with Crippen LogP contribution in [0.1, 0.15) is 71.9 Å². The van der Waals surface area contributed by atoms with E-state index < -0.39 is 0 Å². The second-order valence-corrected chi connectivity index (χ2v) is 11.1. The summed E-state index contributed by atoms with van der Waals surface area (Å²) in [4.78, 5) is 34.5. The topological polar surface area (TPSA) is 77.6 Å². The number of pyridine rings is 1. The zero-order valence-electron chi connectivity index (χ0n) is 24.3. The van der Waals surface area contributed by atoms with Crippen LogP contribution in [-0.2, 0) is 6.54 Å². The van der Waals surface area contributed by atoms with Gasteiger partial charge in [0.2, 0.25) is 0 Å². The molecule has 1 aliphatic heterocycles. The number of carbonyl (C=O) groups is 2. The van der Waals surface area contributed by atoms with Crippen molar-refractivity contribution in [1.29, 1.82) is 0 Å². The molecule has 2 N–H and O–H groups in total. The van der Waals surface area contributed by atoms with Gasteiger partial charge in [0.05, 0.1) is 0 Å². The van der Waals surface area contributed by atoms with E-state index in [4.69, 9.17) is 0 Å². The van der Waals surface area contributed by atoms with Gasteiger partial charge in [-0.05, 0) is 94.5 Å². The maximum Gasteiger partial charge on any atom is 0.251 e. The van der Waals surface area contributed by atoms with E-state index in [-0.39, 0.29) is 17.9 Å². The maximum atomic E-state index is 12.8. The van der Waals surface area contributed by atoms with Gasteiger partial charge in [-0.3, -0.25) is 14.6 Å². The van der Waals surface area contributed by atoms with Crippen LogP contribution in [0.5, 0.6) is 0 Å². The summed E-state index contributed by atoms with van der Waals surface area (Å²) in [6, 6.07) is 21.0. The van der Waals surface area contributed by atoms with Crippen LogP contribution in [0.4, 0.5) is 5.69 Å². The summed E-state index contributed by atoms with van der Waals surface area (Å²) < 4.78 is 0. The van der Waals surface area contributed by atoms with Crippen LogP contribution < -0.4 is 15.5 Å². The van der Waals surface area contributed by atoms with Crippen molar-refractivity contribution in [3.63, 3.8) is 0 Å². The molecule has 212 valence electrons. The number of rotatable bonds is 11. The first-order valence-electron chi connectivity index (χ1n) is 14.5. The maximum absolute atomic E-state index is 12.8. The van der Waals surface area contributed by atoms with E-state index >= 15 is 0 Å². The van der Waals surface area contributed by atoms with Crippen molar-refractivity contribution in [2.75, 3.05) is 24.5 Å². The summed E-state index contributed by atoms with van der Waals surface area (Å²) in [5.41, 5.74) is 4.47. The monoisotopic (exact) mass is 541 g/mol. The Morgan fingerprint density at radius 2 is 1.75 bits per heavy atom. The van der Waals surface area contributed by atoms with E-state index in [2.05, 4.69) is 68.7 Å². The Morgan fingerprint density at radius 3 is 2.40 bits per heavy atom. The minimum atomic E-state index is -0.119. The standard InChI is InChI=1S/C33H43N5O2/c1-24(2)36-32(39)28-12-13-31(25(3)21-28)33(40)35-18-14-26(4)37-19-15-30(16-20-37)38(29-10-6-5-7-11-29)23-27-9-8-17-34-22-27/h5-13,17,21-22,24,26,30H,14-16,18-20,23H2,1-4H3,(H,35,40)(H,36,39)/t26-/m1/s1. The largest absolute Gasteiger partial charge is 0.364 e. The molecule has 7 heteroatoms. The number of aryl methyl sites for hydroxylation is 1. The molecule has 40 heavy (non-hydrogen) atoms. The summed E-state index contributed by atoms with van der Waals surface area (Å²) in [6.07, 6.45) is 6.87. The number of para-hydroxylation sites is 1. The van der Waals surface area contributed by atoms with E-state index in [9.17, 15) is 9.59 Å². The Labute approximate surface area is 239 Å². The molecule has 1 aromatic heterocycles. The van der Waals surface area contributed by atoms with E-state index in [1.807, 2.05) is 39.2 Å². The molecule has 7 nitrogen and oxygen atoms in total. The van der Waals surface area contributed by atoms with Crippen molar-refractivity contribution in [2.45, 2.75) is 71.6 Å². The predicted molar refractivity (Wildman–Crippen MR) is 162 cm³/mol. The van der Waals surface area contributed by atoms with Crippen molar-refractivity contribution >= 4 is 17.5 Å². The van der Waals surface area contributed by atoms with Crippen LogP contribution in [0.3, 0.4) is 0 Å². The lowest BCUT2D eigenvalue weighted by Crippen LogP contribution is -2.48. The summed E-state index contributed by atoms with van der Waals surface area (Å²) in [7, 11) is 0. The molecular formula is C33H43N5O2. The molecule has 1 saturated heterocycles. The van der Waals surface area contributed by atoms with Crippen molar-refractivity contribution in [3.8, 4) is 0 Å². The van der Waals surface area contributed by atoms with Gasteiger partial charge in [0.15, 0.2) is 0 Å². The lowest BCUT2D eigenvalue weighted by molar-refractivity contribution is 0.0931. The molecule has 3 aromatic rings. The number of nitrogens with one attached hydrogen (secondary N) is 2. The second kappa shape index (κ2) is 14.1. The first-order valence-corrected chi connectivity index (χ1v) is 14.5. The molecule has 0 saturated carbocycles. The minimum absolute atomic E-state index is 0.0678. The van der Waals surface area contributed by atoms with Crippen molar-refractivity contribution in [1.82, 2.24) is 20.5 Å². The van der Waals surface area contributed by atoms with Crippen molar-refractivity contribution < 1.29 is 9.59 Å². The summed E-state index contributed by atoms with van der Waals surface area (Å²) in [5.74, 6) is -0.209. The number of likely N-dealkylation sites (tertiary alicyclic amines) is 1. The number of hydrogen-bond donors (Lipinski definition) is 2. The molecule has 1 fully saturated rings. The van der Waals surface area contributed by atoms with Gasteiger partial charge in [-0.25, -0.2) is 0 Å². The van der Waals surface area contributed by atoms with Gasteiger partial charge >= 0.3 is 0 Å². The fraction of sp³-hybridized carbons (Fsp3) is 0.424. The number of piperidine rings is 1. The van der Waals surface area contributed by atoms with Crippen LogP contribution in [-0.4, -0.2) is 59.5 Å². The Bertz CT molecular complexity index is 1240. The molecule has 2 amide bonds. The number of amides is 2. The highest BCUT2D eigenvalue weighted by molar-refractivity contribution is 5.99. The summed E-state index contributed by atoms with van der Waals surface area (Å²) >= 11 is 0. The quantitative estimate of drug-likeness (QED) is 0.349. The third-order valence-electron chi connectivity index (χ3n) is 7.73. The Balaban J connectivity index is 1.26. The lowest BCUT2D eigenvalue weighted by Gasteiger charge is -2.42. The molecule has 0 aliphatic carbocycles. The van der Waals surface area contributed by atoms with Crippen LogP contribution >= 0.6 is 0 Å². The third-order valence-corrected chi connectivity index (χ3v) is 7.73. The van der Waals surface area contributed by atoms with Crippen LogP contribution in [0, 0.1) is 6.92 Å². The van der Waals surface area contributed by atoms with Crippen molar-refractivity contribution in [3.05, 3.63) is 95.3 Å². The number of benzene rings is 2. The van der Waals surface area contributed by atoms with Gasteiger partial charge in [-0.2, -0.15) is 0 Å². The highest BCUT2D eigenvalue weighted by atomic mass is 16.2. The molecule has 2 heterocycles. The molecule has 0 spiro atoms. The Hall–Kier alpha value is -3.71. The number of anilines is 1. The fourth-order valence-corrected chi connectivity index (χ4v) is 5.45. The molecule has 1 aliphatic rings. The second-order valence-electron chi connectivity index (χ2n) is 11.1. The molecule has 1 atom stereocenters. The number of nitrogens with zero attached hydrogens (tertiary/aromatic N) is 3. The van der Waals surface area contributed by atoms with Gasteiger partial charge in [0.25, 0.3) is 11.8 Å². The van der Waals surface area contributed by atoms with Crippen LogP contribution in [0.2, 0.25) is 0 Å². The van der Waals surface area contributed by atoms with Crippen molar-refractivity contribution in [2.24, 2.45) is 0 Å². The fourth-order valence-electron chi connectivity index (χ4n) is 5.45. The third kappa shape index (κ3) is 7.92. The number of aromatic nitrogens is 1. The number of hydrogen-bond acceptors (Lipinski definition) is 5. The summed E-state index contributed by atoms with van der Waals surface area (Å²) in [6.45, 7) is 11.5. The van der Waals surface area contributed by atoms with E-state index in [1.54, 1.807) is 18.2 Å². The summed E-state index contributed by atoms with van der Waals surface area (Å²) in [5, 5.41) is 5.98. The Morgan fingerprint density at radius 1 is 1.00 bits per heavy atom. The van der Waals surface area contributed by atoms with Gasteiger partial charge < -0.3 is 20.4 Å². The SMILES string of the molecule is Cc1cc(C(=O)NC(C)C)ccc1C(=O)NCC[C@@H](C)N1CCC(N(Cc2cccnc2)c2ccccc2)CC1. The molecule has 2 aromatic carbocycles. The van der Waals surface area contributed by atoms with E-state index in [0.29, 0.717) is 29.8 Å². The smallest absolute Gasteiger partial charge is 0.251 e. The van der Waals surface area contributed by atoms with Gasteiger partial charge in [0, 0.05) is 73.5 Å².